The molecule has 8 heteroatoms. The van der Waals surface area contributed by atoms with Crippen LogP contribution in [0.4, 0.5) is 0 Å². The number of halogens is 2. The number of allylic oxidation sites excluding steroid dienone is 1. The summed E-state index contributed by atoms with van der Waals surface area (Å²) in [5, 5.41) is 2.51. The van der Waals surface area contributed by atoms with E-state index in [0.717, 1.165) is 21.5 Å². The van der Waals surface area contributed by atoms with Crippen molar-refractivity contribution >= 4 is 106 Å². The number of hydrogen-bond donors (Lipinski definition) is 0. The highest BCUT2D eigenvalue weighted by Crippen LogP contribution is 2.43. The average Bonchev–Trinajstić information content (AvgIpc) is 3.53. The number of nitrogens with zero attached hydrogens (tertiary/aromatic N) is 1. The Morgan fingerprint density at radius 2 is 1.51 bits per heavy atom. The Hall–Kier alpha value is -1.81. The van der Waals surface area contributed by atoms with Gasteiger partial charge in [0.1, 0.15) is 0 Å². The molecule has 0 fully saturated rings. The number of benzene rings is 2. The third kappa shape index (κ3) is 5.00. The molecule has 3 aromatic heterocycles. The number of carbonyl (C=O) groups is 1. The fraction of sp³-hybridized carbons (Fsp3) is 0.207. The van der Waals surface area contributed by atoms with Crippen LogP contribution in [0.1, 0.15) is 25.6 Å². The summed E-state index contributed by atoms with van der Waals surface area (Å²) in [6, 6.07) is 25.9. The predicted molar refractivity (Wildman–Crippen MR) is 169 cm³/mol. The van der Waals surface area contributed by atoms with Gasteiger partial charge in [0.15, 0.2) is 6.29 Å². The number of carbonyl (C=O) groups excluding carboxylic acids is 1. The van der Waals surface area contributed by atoms with Gasteiger partial charge in [-0.3, -0.25) is 4.79 Å². The zero-order valence-corrected chi connectivity index (χ0v) is 26.6. The monoisotopic (exact) mass is 671 g/mol. The number of aldehydes is 1. The van der Waals surface area contributed by atoms with Crippen molar-refractivity contribution in [3.8, 4) is 0 Å². The van der Waals surface area contributed by atoms with Crippen LogP contribution in [0.3, 0.4) is 0 Å². The van der Waals surface area contributed by atoms with Gasteiger partial charge in [-0.05, 0) is 65.5 Å². The zero-order chi connectivity index (χ0) is 26.2. The molecule has 0 atom stereocenters. The zero-order valence-electron chi connectivity index (χ0n) is 20.8. The van der Waals surface area contributed by atoms with Gasteiger partial charge in [-0.15, -0.1) is 22.7 Å². The van der Waals surface area contributed by atoms with E-state index in [0.29, 0.717) is 11.1 Å². The molecule has 0 aliphatic heterocycles. The Bertz CT molecular complexity index is 1540. The molecule has 0 unspecified atom stereocenters. The van der Waals surface area contributed by atoms with Gasteiger partial charge < -0.3 is 8.99 Å². The largest absolute Gasteiger partial charge is 0.406 e. The van der Waals surface area contributed by atoms with Crippen LogP contribution in [0.5, 0.6) is 0 Å². The number of rotatable bonds is 8. The molecule has 0 amide bonds. The molecule has 2 aromatic carbocycles. The van der Waals surface area contributed by atoms with Crippen LogP contribution in [0.15, 0.2) is 81.1 Å². The summed E-state index contributed by atoms with van der Waals surface area (Å²) in [6.07, 6.45) is 2.71. The third-order valence-electron chi connectivity index (χ3n) is 6.64. The molecular formula is C29H27Br2NO2S2Si. The van der Waals surface area contributed by atoms with Gasteiger partial charge in [-0.1, -0.05) is 81.4 Å². The van der Waals surface area contributed by atoms with E-state index in [9.17, 15) is 4.79 Å². The maximum absolute atomic E-state index is 11.2. The molecule has 0 N–H and O–H groups in total. The van der Waals surface area contributed by atoms with Crippen LogP contribution in [0, 0.1) is 0 Å². The smallest absolute Gasteiger partial charge is 0.261 e. The minimum atomic E-state index is -2.61. The summed E-state index contributed by atoms with van der Waals surface area (Å²) in [7, 11) is -2.61. The van der Waals surface area contributed by atoms with E-state index in [4.69, 9.17) is 4.43 Å². The summed E-state index contributed by atoms with van der Waals surface area (Å²) >= 11 is 10.5. The van der Waals surface area contributed by atoms with Crippen molar-refractivity contribution in [1.82, 2.24) is 4.57 Å². The molecule has 0 radical (unpaired) electrons. The van der Waals surface area contributed by atoms with E-state index < -0.39 is 8.32 Å². The number of thiophene rings is 2. The summed E-state index contributed by atoms with van der Waals surface area (Å²) in [6.45, 7) is 8.26. The molecule has 190 valence electrons. The number of hydrogen-bond acceptors (Lipinski definition) is 4. The van der Waals surface area contributed by atoms with Crippen molar-refractivity contribution in [2.45, 2.75) is 32.4 Å². The van der Waals surface area contributed by atoms with Crippen molar-refractivity contribution in [3.05, 3.63) is 85.9 Å². The van der Waals surface area contributed by atoms with Gasteiger partial charge in [0.25, 0.3) is 8.32 Å². The third-order valence-corrected chi connectivity index (χ3v) is 15.0. The lowest BCUT2D eigenvalue weighted by molar-refractivity contribution is -0.104. The molecule has 0 aliphatic rings. The Balaban J connectivity index is 1.56. The van der Waals surface area contributed by atoms with E-state index in [1.54, 1.807) is 22.7 Å². The second-order valence-electron chi connectivity index (χ2n) is 9.94. The predicted octanol–water partition coefficient (Wildman–Crippen LogP) is 8.19. The lowest BCUT2D eigenvalue weighted by Gasteiger charge is -2.43. The highest BCUT2D eigenvalue weighted by molar-refractivity contribution is 9.12. The van der Waals surface area contributed by atoms with Crippen LogP contribution in [-0.4, -0.2) is 25.8 Å². The van der Waals surface area contributed by atoms with Gasteiger partial charge in [0.2, 0.25) is 0 Å². The second kappa shape index (κ2) is 10.7. The SMILES string of the molecule is CC(C)(C)[Si](OCCn1c2cc(Br)sc2c2sc(/C=C(\Br)C=O)cc21)(c1ccccc1)c1ccccc1. The van der Waals surface area contributed by atoms with Crippen molar-refractivity contribution in [2.75, 3.05) is 6.61 Å². The van der Waals surface area contributed by atoms with Crippen LogP contribution >= 0.6 is 54.5 Å². The first-order valence-electron chi connectivity index (χ1n) is 12.0. The average molecular weight is 674 g/mol. The first kappa shape index (κ1) is 26.8. The van der Waals surface area contributed by atoms with Crippen molar-refractivity contribution in [3.63, 3.8) is 0 Å². The number of aromatic nitrogens is 1. The lowest BCUT2D eigenvalue weighted by atomic mass is 10.2. The standard InChI is InChI=1S/C29H27Br2NO2S2Si/c1-29(2,3)37(22-10-6-4-7-11-22,23-12-8-5-9-13-23)34-15-14-32-24-17-21(16-20(30)19-33)35-27(24)28-25(32)18-26(31)36-28/h4-13,16-19H,14-15H2,1-3H3/b20-16-. The van der Waals surface area contributed by atoms with Crippen LogP contribution in [-0.2, 0) is 15.8 Å². The van der Waals surface area contributed by atoms with Gasteiger partial charge in [-0.2, -0.15) is 0 Å². The molecule has 0 saturated carbocycles. The Morgan fingerprint density at radius 3 is 2.08 bits per heavy atom. The maximum atomic E-state index is 11.2. The van der Waals surface area contributed by atoms with Gasteiger partial charge in [0, 0.05) is 11.4 Å². The second-order valence-corrected chi connectivity index (χ2v) is 18.7. The summed E-state index contributed by atoms with van der Waals surface area (Å²) < 4.78 is 13.7. The molecular weight excluding hydrogens is 646 g/mol. The molecule has 0 spiro atoms. The minimum Gasteiger partial charge on any atom is -0.406 e. The van der Waals surface area contributed by atoms with Crippen LogP contribution in [0.25, 0.3) is 26.5 Å². The Morgan fingerprint density at radius 1 is 0.946 bits per heavy atom. The van der Waals surface area contributed by atoms with E-state index in [-0.39, 0.29) is 5.04 Å². The molecule has 0 bridgehead atoms. The molecule has 0 aliphatic carbocycles. The molecule has 5 aromatic rings. The maximum Gasteiger partial charge on any atom is 0.261 e. The summed E-state index contributed by atoms with van der Waals surface area (Å²) in [5.41, 5.74) is 2.40. The lowest BCUT2D eigenvalue weighted by Crippen LogP contribution is -2.66. The van der Waals surface area contributed by atoms with E-state index in [1.807, 2.05) is 6.08 Å². The first-order chi connectivity index (χ1) is 17.7. The van der Waals surface area contributed by atoms with E-state index >= 15 is 0 Å². The Labute approximate surface area is 243 Å². The summed E-state index contributed by atoms with van der Waals surface area (Å²) in [5.74, 6) is 0. The van der Waals surface area contributed by atoms with Crippen molar-refractivity contribution in [1.29, 1.82) is 0 Å². The number of fused-ring (bicyclic) bond motifs is 3. The van der Waals surface area contributed by atoms with Gasteiger partial charge in [0.05, 0.1) is 35.3 Å². The fourth-order valence-electron chi connectivity index (χ4n) is 5.14. The van der Waals surface area contributed by atoms with Gasteiger partial charge in [-0.25, -0.2) is 0 Å². The first-order valence-corrected chi connectivity index (χ1v) is 17.2. The molecule has 5 rings (SSSR count). The Kier molecular flexibility index (Phi) is 7.78. The van der Waals surface area contributed by atoms with E-state index in [1.165, 1.54) is 30.8 Å². The van der Waals surface area contributed by atoms with Crippen molar-refractivity contribution < 1.29 is 9.22 Å². The topological polar surface area (TPSA) is 31.2 Å². The fourth-order valence-corrected chi connectivity index (χ4v) is 12.9. The van der Waals surface area contributed by atoms with Crippen LogP contribution in [0.2, 0.25) is 5.04 Å². The van der Waals surface area contributed by atoms with E-state index in [2.05, 4.69) is 130 Å². The highest BCUT2D eigenvalue weighted by atomic mass is 79.9. The quantitative estimate of drug-likeness (QED) is 0.0946. The van der Waals surface area contributed by atoms with Crippen molar-refractivity contribution in [2.24, 2.45) is 0 Å². The molecule has 0 saturated heterocycles. The summed E-state index contributed by atoms with van der Waals surface area (Å²) in [4.78, 5) is 12.2. The van der Waals surface area contributed by atoms with Crippen LogP contribution < -0.4 is 10.4 Å². The highest BCUT2D eigenvalue weighted by Gasteiger charge is 2.50. The van der Waals surface area contributed by atoms with Gasteiger partial charge >= 0.3 is 0 Å². The minimum absolute atomic E-state index is 0.0656. The molecule has 3 heterocycles. The molecule has 3 nitrogen and oxygen atoms in total. The molecule has 37 heavy (non-hydrogen) atoms. The normalized spacial score (nSPS) is 13.1.